The number of nitrogens with two attached hydrogens (primary N) is 1. The Morgan fingerprint density at radius 3 is 3.04 bits per heavy atom. The van der Waals surface area contributed by atoms with Crippen molar-refractivity contribution in [3.63, 3.8) is 0 Å². The summed E-state index contributed by atoms with van der Waals surface area (Å²) in [6.45, 7) is 0.0603. The van der Waals surface area contributed by atoms with E-state index >= 15 is 0 Å². The molecule has 1 aromatic heterocycles. The third-order valence-electron chi connectivity index (χ3n) is 4.04. The second-order valence-corrected chi connectivity index (χ2v) is 5.33. The molecule has 2 aliphatic heterocycles. The SMILES string of the molecule is COc1cc(C2C(C#N)=C(N)Oc3nc[nH]c(=O)c32)cc2c1OCO2. The van der Waals surface area contributed by atoms with Crippen LogP contribution in [-0.2, 0) is 0 Å². The van der Waals surface area contributed by atoms with Gasteiger partial charge in [-0.3, -0.25) is 4.79 Å². The van der Waals surface area contributed by atoms with Gasteiger partial charge in [-0.1, -0.05) is 0 Å². The molecule has 0 amide bonds. The van der Waals surface area contributed by atoms with Gasteiger partial charge in [-0.05, 0) is 17.7 Å². The number of hydrogen-bond acceptors (Lipinski definition) is 8. The maximum Gasteiger partial charge on any atom is 0.258 e. The van der Waals surface area contributed by atoms with Gasteiger partial charge in [0, 0.05) is 0 Å². The Morgan fingerprint density at radius 2 is 2.28 bits per heavy atom. The zero-order valence-corrected chi connectivity index (χ0v) is 13.0. The van der Waals surface area contributed by atoms with Crippen molar-refractivity contribution in [1.29, 1.82) is 5.26 Å². The highest BCUT2D eigenvalue weighted by atomic mass is 16.7. The zero-order valence-electron chi connectivity index (χ0n) is 13.0. The summed E-state index contributed by atoms with van der Waals surface area (Å²) < 4.78 is 21.5. The van der Waals surface area contributed by atoms with Gasteiger partial charge in [0.15, 0.2) is 11.5 Å². The van der Waals surface area contributed by atoms with Gasteiger partial charge in [-0.2, -0.15) is 5.26 Å². The van der Waals surface area contributed by atoms with Crippen LogP contribution in [0.3, 0.4) is 0 Å². The van der Waals surface area contributed by atoms with E-state index in [1.165, 1.54) is 13.4 Å². The van der Waals surface area contributed by atoms with Crippen LogP contribution in [-0.4, -0.2) is 23.9 Å². The molecule has 4 rings (SSSR count). The first-order valence-electron chi connectivity index (χ1n) is 7.26. The van der Waals surface area contributed by atoms with Crippen LogP contribution in [0.4, 0.5) is 0 Å². The normalized spacial score (nSPS) is 17.5. The monoisotopic (exact) mass is 340 g/mol. The van der Waals surface area contributed by atoms with Crippen molar-refractivity contribution in [2.24, 2.45) is 5.73 Å². The molecule has 0 aliphatic carbocycles. The summed E-state index contributed by atoms with van der Waals surface area (Å²) in [4.78, 5) is 18.9. The standard InChI is InChI=1S/C16H12N4O5/c1-22-9-2-7(3-10-13(9)24-6-23-10)11-8(4-17)14(18)25-16-12(11)15(21)19-5-20-16/h2-3,5,11H,6,18H2,1H3,(H,19,20,21). The van der Waals surface area contributed by atoms with Gasteiger partial charge >= 0.3 is 0 Å². The molecule has 0 saturated heterocycles. The molecule has 1 aromatic carbocycles. The van der Waals surface area contributed by atoms with E-state index in [0.717, 1.165) is 0 Å². The maximum atomic E-state index is 12.4. The fourth-order valence-electron chi connectivity index (χ4n) is 2.95. The molecule has 0 spiro atoms. The van der Waals surface area contributed by atoms with E-state index in [0.29, 0.717) is 22.8 Å². The maximum absolute atomic E-state index is 12.4. The number of ether oxygens (including phenoxy) is 4. The van der Waals surface area contributed by atoms with Crippen LogP contribution in [0.25, 0.3) is 0 Å². The Balaban J connectivity index is 1.99. The number of nitriles is 1. The first-order chi connectivity index (χ1) is 12.1. The van der Waals surface area contributed by atoms with E-state index in [1.54, 1.807) is 12.1 Å². The lowest BCUT2D eigenvalue weighted by Crippen LogP contribution is -2.28. The van der Waals surface area contributed by atoms with Crippen LogP contribution in [0.15, 0.2) is 34.7 Å². The number of benzene rings is 1. The Kier molecular flexibility index (Phi) is 3.25. The molecule has 9 nitrogen and oxygen atoms in total. The molecule has 1 unspecified atom stereocenters. The zero-order chi connectivity index (χ0) is 17.6. The third-order valence-corrected chi connectivity index (χ3v) is 4.04. The number of nitrogens with zero attached hydrogens (tertiary/aromatic N) is 2. The number of nitrogens with one attached hydrogen (secondary N) is 1. The molecule has 0 bridgehead atoms. The summed E-state index contributed by atoms with van der Waals surface area (Å²) >= 11 is 0. The Hall–Kier alpha value is -3.67. The van der Waals surface area contributed by atoms with Crippen LogP contribution in [0.1, 0.15) is 17.0 Å². The van der Waals surface area contributed by atoms with Gasteiger partial charge in [0.2, 0.25) is 24.3 Å². The Morgan fingerprint density at radius 1 is 1.44 bits per heavy atom. The quantitative estimate of drug-likeness (QED) is 0.817. The molecule has 126 valence electrons. The fourth-order valence-corrected chi connectivity index (χ4v) is 2.95. The van der Waals surface area contributed by atoms with Crippen LogP contribution >= 0.6 is 0 Å². The number of methoxy groups -OCH3 is 1. The lowest BCUT2D eigenvalue weighted by atomic mass is 9.85. The first kappa shape index (κ1) is 14.9. The average Bonchev–Trinajstić information content (AvgIpc) is 3.08. The van der Waals surface area contributed by atoms with Gasteiger partial charge in [-0.25, -0.2) is 4.98 Å². The molecule has 0 radical (unpaired) electrons. The summed E-state index contributed by atoms with van der Waals surface area (Å²) in [5.74, 6) is 0.535. The van der Waals surface area contributed by atoms with E-state index in [9.17, 15) is 10.1 Å². The number of aromatic nitrogens is 2. The van der Waals surface area contributed by atoms with Crippen LogP contribution in [0, 0.1) is 11.3 Å². The van der Waals surface area contributed by atoms with E-state index in [2.05, 4.69) is 9.97 Å². The number of aromatic amines is 1. The Labute approximate surface area is 141 Å². The lowest BCUT2D eigenvalue weighted by Gasteiger charge is -2.24. The van der Waals surface area contributed by atoms with Crippen molar-refractivity contribution in [3.05, 3.63) is 51.4 Å². The summed E-state index contributed by atoms with van der Waals surface area (Å²) in [6, 6.07) is 5.36. The predicted octanol–water partition coefficient (Wildman–Crippen LogP) is 0.725. The predicted molar refractivity (Wildman–Crippen MR) is 83.3 cm³/mol. The average molecular weight is 340 g/mol. The van der Waals surface area contributed by atoms with Crippen LogP contribution in [0.5, 0.6) is 23.1 Å². The Bertz CT molecular complexity index is 1000. The minimum Gasteiger partial charge on any atom is -0.493 e. The van der Waals surface area contributed by atoms with Gasteiger partial charge in [-0.15, -0.1) is 0 Å². The van der Waals surface area contributed by atoms with Crippen molar-refractivity contribution in [3.8, 4) is 29.2 Å². The molecule has 2 aromatic rings. The van der Waals surface area contributed by atoms with E-state index < -0.39 is 11.5 Å². The molecule has 3 N–H and O–H groups in total. The highest BCUT2D eigenvalue weighted by Gasteiger charge is 2.35. The lowest BCUT2D eigenvalue weighted by molar-refractivity contribution is 0.171. The first-order valence-corrected chi connectivity index (χ1v) is 7.26. The summed E-state index contributed by atoms with van der Waals surface area (Å²) in [6.07, 6.45) is 1.21. The van der Waals surface area contributed by atoms with Gasteiger partial charge in [0.1, 0.15) is 11.6 Å². The second-order valence-electron chi connectivity index (χ2n) is 5.33. The van der Waals surface area contributed by atoms with E-state index in [1.807, 2.05) is 6.07 Å². The number of rotatable bonds is 2. The van der Waals surface area contributed by atoms with Crippen molar-refractivity contribution in [2.75, 3.05) is 13.9 Å². The molecule has 1 atom stereocenters. The second kappa shape index (κ2) is 5.45. The molecular formula is C16H12N4O5. The summed E-state index contributed by atoms with van der Waals surface area (Å²) in [7, 11) is 1.49. The number of fused-ring (bicyclic) bond motifs is 2. The molecule has 25 heavy (non-hydrogen) atoms. The van der Waals surface area contributed by atoms with Gasteiger partial charge in [0.05, 0.1) is 24.9 Å². The molecule has 2 aliphatic rings. The molecule has 9 heteroatoms. The van der Waals surface area contributed by atoms with Crippen LogP contribution < -0.4 is 30.2 Å². The van der Waals surface area contributed by atoms with Gasteiger partial charge in [0.25, 0.3) is 5.56 Å². The summed E-state index contributed by atoms with van der Waals surface area (Å²) in [5.41, 5.74) is 6.30. The number of hydrogen-bond donors (Lipinski definition) is 2. The van der Waals surface area contributed by atoms with Crippen LogP contribution in [0.2, 0.25) is 0 Å². The smallest absolute Gasteiger partial charge is 0.258 e. The molecule has 0 saturated carbocycles. The van der Waals surface area contributed by atoms with Gasteiger partial charge < -0.3 is 29.7 Å². The van der Waals surface area contributed by atoms with E-state index in [4.69, 9.17) is 24.7 Å². The van der Waals surface area contributed by atoms with E-state index in [-0.39, 0.29) is 29.7 Å². The number of H-pyrrole nitrogens is 1. The highest BCUT2D eigenvalue weighted by Crippen LogP contribution is 2.47. The third kappa shape index (κ3) is 2.15. The molecular weight excluding hydrogens is 328 g/mol. The van der Waals surface area contributed by atoms with Crippen molar-refractivity contribution in [2.45, 2.75) is 5.92 Å². The molecule has 3 heterocycles. The van der Waals surface area contributed by atoms with Crippen molar-refractivity contribution >= 4 is 0 Å². The fraction of sp³-hybridized carbons (Fsp3) is 0.188. The number of allylic oxidation sites excluding steroid dienone is 1. The van der Waals surface area contributed by atoms with Crippen molar-refractivity contribution in [1.82, 2.24) is 9.97 Å². The highest BCUT2D eigenvalue weighted by molar-refractivity contribution is 5.60. The minimum absolute atomic E-state index is 0.0573. The largest absolute Gasteiger partial charge is 0.493 e. The summed E-state index contributed by atoms with van der Waals surface area (Å²) in [5, 5.41) is 9.54. The molecule has 0 fully saturated rings. The topological polar surface area (TPSA) is 132 Å². The minimum atomic E-state index is -0.769. The van der Waals surface area contributed by atoms with Crippen molar-refractivity contribution < 1.29 is 18.9 Å².